The molecule has 4 heterocycles. The number of thiazole rings is 1. The summed E-state index contributed by atoms with van der Waals surface area (Å²) in [5.74, 6) is -0.00817. The first-order valence-corrected chi connectivity index (χ1v) is 10.1. The van der Waals surface area contributed by atoms with Crippen LogP contribution in [0.4, 0.5) is 5.13 Å². The van der Waals surface area contributed by atoms with E-state index in [4.69, 9.17) is 0 Å². The predicted octanol–water partition coefficient (Wildman–Crippen LogP) is 0.617. The molecule has 0 spiro atoms. The van der Waals surface area contributed by atoms with Gasteiger partial charge in [0, 0.05) is 39.3 Å². The molecule has 0 bridgehead atoms. The van der Waals surface area contributed by atoms with E-state index in [-0.39, 0.29) is 18.0 Å². The third-order valence-corrected chi connectivity index (χ3v) is 6.32. The molecule has 0 atom stereocenters. The molecule has 4 rings (SSSR count). The molecule has 0 radical (unpaired) electrons. The van der Waals surface area contributed by atoms with Crippen molar-refractivity contribution < 1.29 is 4.79 Å². The minimum Gasteiger partial charge on any atom is -0.345 e. The number of nitrogens with zero attached hydrogens (tertiary/aromatic N) is 6. The molecule has 2 aliphatic heterocycles. The van der Waals surface area contributed by atoms with Crippen molar-refractivity contribution in [2.24, 2.45) is 0 Å². The topological polar surface area (TPSA) is 74.6 Å². The molecule has 1 amide bonds. The number of fused-ring (bicyclic) bond motifs is 1. The molecule has 0 saturated carbocycles. The van der Waals surface area contributed by atoms with Crippen molar-refractivity contribution in [1.29, 1.82) is 0 Å². The average Bonchev–Trinajstić information content (AvgIpc) is 3.34. The Morgan fingerprint density at radius 3 is 2.58 bits per heavy atom. The van der Waals surface area contributed by atoms with Gasteiger partial charge >= 0.3 is 0 Å². The van der Waals surface area contributed by atoms with Crippen molar-refractivity contribution >= 4 is 32.7 Å². The van der Waals surface area contributed by atoms with Crippen LogP contribution < -0.4 is 10.5 Å². The number of piperazine rings is 1. The van der Waals surface area contributed by atoms with E-state index in [0.29, 0.717) is 10.3 Å². The van der Waals surface area contributed by atoms with Crippen LogP contribution in [-0.2, 0) is 11.3 Å². The van der Waals surface area contributed by atoms with Crippen molar-refractivity contribution in [3.8, 4) is 0 Å². The van der Waals surface area contributed by atoms with Crippen LogP contribution in [0, 0.1) is 0 Å². The van der Waals surface area contributed by atoms with Crippen LogP contribution >= 0.6 is 11.3 Å². The second-order valence-electron chi connectivity index (χ2n) is 6.84. The Labute approximate surface area is 156 Å². The fraction of sp³-hybridized carbons (Fsp3) is 0.647. The number of hydrogen-bond acceptors (Lipinski definition) is 7. The minimum absolute atomic E-state index is 0.00817. The van der Waals surface area contributed by atoms with Crippen LogP contribution in [0.1, 0.15) is 19.8 Å². The molecule has 0 aromatic carbocycles. The molecule has 2 fully saturated rings. The van der Waals surface area contributed by atoms with Gasteiger partial charge in [0.05, 0.1) is 0 Å². The normalized spacial score (nSPS) is 18.8. The van der Waals surface area contributed by atoms with Crippen LogP contribution in [0.25, 0.3) is 10.3 Å². The first-order chi connectivity index (χ1) is 12.7. The summed E-state index contributed by atoms with van der Waals surface area (Å²) in [6.45, 7) is 8.71. The van der Waals surface area contributed by atoms with Crippen LogP contribution in [0.5, 0.6) is 0 Å². The minimum atomic E-state index is -0.168. The summed E-state index contributed by atoms with van der Waals surface area (Å²) in [7, 11) is 0. The number of hydrogen-bond donors (Lipinski definition) is 0. The first-order valence-electron chi connectivity index (χ1n) is 9.27. The number of carbonyl (C=O) groups is 1. The zero-order valence-corrected chi connectivity index (χ0v) is 15.9. The lowest BCUT2D eigenvalue weighted by Crippen LogP contribution is -2.46. The highest BCUT2D eigenvalue weighted by molar-refractivity contribution is 7.22. The Hall–Kier alpha value is -2.00. The second kappa shape index (κ2) is 7.32. The molecule has 0 N–H and O–H groups in total. The summed E-state index contributed by atoms with van der Waals surface area (Å²) in [5.41, 5.74) is 0.316. The van der Waals surface area contributed by atoms with Gasteiger partial charge in [-0.25, -0.2) is 4.98 Å². The van der Waals surface area contributed by atoms with Crippen LogP contribution in [0.2, 0.25) is 0 Å². The fourth-order valence-corrected chi connectivity index (χ4v) is 4.57. The summed E-state index contributed by atoms with van der Waals surface area (Å²) in [6.07, 6.45) is 3.54. The summed E-state index contributed by atoms with van der Waals surface area (Å²) in [6, 6.07) is 0. The summed E-state index contributed by atoms with van der Waals surface area (Å²) in [5, 5.41) is 0.851. The van der Waals surface area contributed by atoms with Gasteiger partial charge in [0.25, 0.3) is 5.56 Å². The zero-order valence-electron chi connectivity index (χ0n) is 15.1. The molecule has 2 aliphatic rings. The molecule has 8 nitrogen and oxygen atoms in total. The second-order valence-corrected chi connectivity index (χ2v) is 7.81. The third kappa shape index (κ3) is 3.33. The van der Waals surface area contributed by atoms with Crippen LogP contribution in [0.15, 0.2) is 11.1 Å². The van der Waals surface area contributed by atoms with E-state index in [1.54, 1.807) is 0 Å². The van der Waals surface area contributed by atoms with E-state index >= 15 is 0 Å². The predicted molar refractivity (Wildman–Crippen MR) is 102 cm³/mol. The third-order valence-electron chi connectivity index (χ3n) is 5.23. The van der Waals surface area contributed by atoms with Crippen molar-refractivity contribution in [2.45, 2.75) is 26.3 Å². The van der Waals surface area contributed by atoms with Crippen molar-refractivity contribution in [1.82, 2.24) is 24.3 Å². The maximum atomic E-state index is 12.8. The van der Waals surface area contributed by atoms with Gasteiger partial charge in [0.2, 0.25) is 5.91 Å². The smallest absolute Gasteiger partial charge is 0.273 e. The number of aromatic nitrogens is 3. The number of rotatable bonds is 4. The lowest BCUT2D eigenvalue weighted by molar-refractivity contribution is -0.130. The van der Waals surface area contributed by atoms with Gasteiger partial charge in [-0.1, -0.05) is 18.3 Å². The van der Waals surface area contributed by atoms with Crippen molar-refractivity contribution in [3.63, 3.8) is 0 Å². The number of carbonyl (C=O) groups excluding carboxylic acids is 1. The Kier molecular flexibility index (Phi) is 4.90. The van der Waals surface area contributed by atoms with E-state index in [1.165, 1.54) is 22.2 Å². The lowest BCUT2D eigenvalue weighted by Gasteiger charge is -2.33. The molecule has 2 aromatic heterocycles. The maximum absolute atomic E-state index is 12.8. The highest BCUT2D eigenvalue weighted by atomic mass is 32.1. The van der Waals surface area contributed by atoms with Gasteiger partial charge in [-0.05, 0) is 19.4 Å². The van der Waals surface area contributed by atoms with E-state index in [0.717, 1.165) is 63.8 Å². The van der Waals surface area contributed by atoms with E-state index in [9.17, 15) is 9.59 Å². The molecule has 9 heteroatoms. The number of anilines is 1. The monoisotopic (exact) mass is 376 g/mol. The molecule has 140 valence electrons. The summed E-state index contributed by atoms with van der Waals surface area (Å²) in [4.78, 5) is 40.4. The Morgan fingerprint density at radius 2 is 1.88 bits per heavy atom. The largest absolute Gasteiger partial charge is 0.345 e. The molecule has 2 aromatic rings. The quantitative estimate of drug-likeness (QED) is 0.779. The Bertz CT molecular complexity index is 849. The van der Waals surface area contributed by atoms with Gasteiger partial charge in [-0.3, -0.25) is 14.2 Å². The highest BCUT2D eigenvalue weighted by Crippen LogP contribution is 2.26. The molecule has 2 saturated heterocycles. The van der Waals surface area contributed by atoms with Gasteiger partial charge in [0.15, 0.2) is 10.8 Å². The Balaban J connectivity index is 1.54. The molecular formula is C17H24N6O2S. The molecular weight excluding hydrogens is 352 g/mol. The van der Waals surface area contributed by atoms with Gasteiger partial charge in [-0.2, -0.15) is 4.98 Å². The van der Waals surface area contributed by atoms with E-state index in [2.05, 4.69) is 26.7 Å². The summed E-state index contributed by atoms with van der Waals surface area (Å²) < 4.78 is 1.95. The van der Waals surface area contributed by atoms with Gasteiger partial charge in [0.1, 0.15) is 17.6 Å². The number of amides is 1. The molecule has 26 heavy (non-hydrogen) atoms. The van der Waals surface area contributed by atoms with Crippen LogP contribution in [-0.4, -0.2) is 76.1 Å². The Morgan fingerprint density at radius 1 is 1.15 bits per heavy atom. The first kappa shape index (κ1) is 17.4. The molecule has 0 unspecified atom stereocenters. The maximum Gasteiger partial charge on any atom is 0.273 e. The van der Waals surface area contributed by atoms with E-state index in [1.807, 2.05) is 4.90 Å². The standard InChI is InChI=1S/C17H24N6O2S/c1-2-20-7-9-22(10-8-20)17-19-15-14(26-17)16(25)23(12-18-15)11-13(24)21-5-3-4-6-21/h12H,2-11H2,1H3. The summed E-state index contributed by atoms with van der Waals surface area (Å²) >= 11 is 1.39. The average molecular weight is 376 g/mol. The lowest BCUT2D eigenvalue weighted by atomic mass is 10.3. The van der Waals surface area contributed by atoms with Crippen LogP contribution in [0.3, 0.4) is 0 Å². The molecule has 0 aliphatic carbocycles. The fourth-order valence-electron chi connectivity index (χ4n) is 3.55. The number of likely N-dealkylation sites (tertiary alicyclic amines) is 1. The van der Waals surface area contributed by atoms with Crippen molar-refractivity contribution in [3.05, 3.63) is 16.7 Å². The van der Waals surface area contributed by atoms with Crippen molar-refractivity contribution in [2.75, 3.05) is 50.7 Å². The van der Waals surface area contributed by atoms with Gasteiger partial charge < -0.3 is 14.7 Å². The number of likely N-dealkylation sites (N-methyl/N-ethyl adjacent to an activating group) is 1. The SMILES string of the molecule is CCN1CCN(c2nc3ncn(CC(=O)N4CCCC4)c(=O)c3s2)CC1. The van der Waals surface area contributed by atoms with E-state index < -0.39 is 0 Å². The highest BCUT2D eigenvalue weighted by Gasteiger charge is 2.22. The van der Waals surface area contributed by atoms with Gasteiger partial charge in [-0.15, -0.1) is 0 Å². The zero-order chi connectivity index (χ0) is 18.1.